The fourth-order valence-electron chi connectivity index (χ4n) is 9.09. The Bertz CT molecular complexity index is 3040. The van der Waals surface area contributed by atoms with E-state index < -0.39 is 5.41 Å². The zero-order valence-corrected chi connectivity index (χ0v) is 29.9. The summed E-state index contributed by atoms with van der Waals surface area (Å²) >= 11 is 0. The van der Waals surface area contributed by atoms with E-state index >= 15 is 0 Å². The number of hydrogen-bond acceptors (Lipinski definition) is 3. The molecule has 0 fully saturated rings. The van der Waals surface area contributed by atoms with Gasteiger partial charge < -0.3 is 0 Å². The van der Waals surface area contributed by atoms with Crippen molar-refractivity contribution in [2.75, 3.05) is 0 Å². The topological polar surface area (TPSA) is 38.7 Å². The molecular weight excluding hydrogens is 667 g/mol. The van der Waals surface area contributed by atoms with Gasteiger partial charge in [0.2, 0.25) is 0 Å². The lowest BCUT2D eigenvalue weighted by molar-refractivity contribution is 0.769. The molecule has 10 aromatic rings. The van der Waals surface area contributed by atoms with Crippen LogP contribution in [0.1, 0.15) is 22.3 Å². The monoisotopic (exact) mass is 699 g/mol. The molecule has 9 aromatic carbocycles. The van der Waals surface area contributed by atoms with Crippen molar-refractivity contribution in [2.24, 2.45) is 0 Å². The van der Waals surface area contributed by atoms with Crippen LogP contribution < -0.4 is 0 Å². The van der Waals surface area contributed by atoms with Gasteiger partial charge in [0.15, 0.2) is 17.5 Å². The second-order valence-corrected chi connectivity index (χ2v) is 14.3. The molecule has 0 saturated carbocycles. The zero-order valence-electron chi connectivity index (χ0n) is 29.9. The first-order chi connectivity index (χ1) is 27.3. The summed E-state index contributed by atoms with van der Waals surface area (Å²) in [7, 11) is 0. The van der Waals surface area contributed by atoms with Gasteiger partial charge >= 0.3 is 0 Å². The number of fused-ring (bicyclic) bond motifs is 7. The minimum absolute atomic E-state index is 0.618. The van der Waals surface area contributed by atoms with E-state index in [1.54, 1.807) is 0 Å². The van der Waals surface area contributed by atoms with Crippen LogP contribution in [0, 0.1) is 0 Å². The fourth-order valence-corrected chi connectivity index (χ4v) is 9.09. The Balaban J connectivity index is 1.29. The molecule has 0 spiro atoms. The highest BCUT2D eigenvalue weighted by atomic mass is 15.0. The van der Waals surface area contributed by atoms with Gasteiger partial charge in [-0.2, -0.15) is 0 Å². The van der Waals surface area contributed by atoms with Gasteiger partial charge in [-0.05, 0) is 66.4 Å². The molecule has 1 aliphatic rings. The van der Waals surface area contributed by atoms with Crippen molar-refractivity contribution >= 4 is 32.3 Å². The standard InChI is InChI=1S/C52H33N3/c1-4-18-35(19-5-1)49-53-50(55-51(54-49)47-41-26-13-11-20-36(41)33-37-32-31-34-17-10-12-25-40(34)46(37)47)44-29-16-28-43-42-27-14-15-30-45(42)52(48(43)44,38-21-6-2-7-22-38)39-23-8-3-9-24-39/h1-33H. The van der Waals surface area contributed by atoms with E-state index in [0.29, 0.717) is 17.5 Å². The Labute approximate surface area is 319 Å². The first-order valence-electron chi connectivity index (χ1n) is 18.8. The number of nitrogens with zero attached hydrogens (tertiary/aromatic N) is 3. The maximum Gasteiger partial charge on any atom is 0.165 e. The molecule has 0 unspecified atom stereocenters. The van der Waals surface area contributed by atoms with Crippen LogP contribution in [0.2, 0.25) is 0 Å². The molecule has 55 heavy (non-hydrogen) atoms. The smallest absolute Gasteiger partial charge is 0.165 e. The largest absolute Gasteiger partial charge is 0.208 e. The van der Waals surface area contributed by atoms with Gasteiger partial charge in [-0.15, -0.1) is 0 Å². The Morgan fingerprint density at radius 1 is 0.345 bits per heavy atom. The van der Waals surface area contributed by atoms with Gasteiger partial charge in [-0.25, -0.2) is 15.0 Å². The molecule has 0 amide bonds. The highest BCUT2D eigenvalue weighted by molar-refractivity contribution is 6.21. The van der Waals surface area contributed by atoms with E-state index in [0.717, 1.165) is 38.2 Å². The molecule has 0 N–H and O–H groups in total. The summed E-state index contributed by atoms with van der Waals surface area (Å²) < 4.78 is 0. The Kier molecular flexibility index (Phi) is 7.08. The molecule has 3 heteroatoms. The molecule has 0 saturated heterocycles. The third-order valence-corrected chi connectivity index (χ3v) is 11.4. The van der Waals surface area contributed by atoms with E-state index in [9.17, 15) is 0 Å². The van der Waals surface area contributed by atoms with Crippen molar-refractivity contribution in [2.45, 2.75) is 5.41 Å². The average Bonchev–Trinajstić information content (AvgIpc) is 3.57. The number of benzene rings is 9. The van der Waals surface area contributed by atoms with Gasteiger partial charge in [0, 0.05) is 22.1 Å². The van der Waals surface area contributed by atoms with Crippen molar-refractivity contribution in [1.82, 2.24) is 15.0 Å². The Morgan fingerprint density at radius 3 is 1.65 bits per heavy atom. The maximum absolute atomic E-state index is 5.58. The lowest BCUT2D eigenvalue weighted by Gasteiger charge is -2.35. The third kappa shape index (κ3) is 4.73. The van der Waals surface area contributed by atoms with Crippen molar-refractivity contribution in [3.63, 3.8) is 0 Å². The molecule has 1 aromatic heterocycles. The molecule has 1 heterocycles. The SMILES string of the molecule is c1ccc(-c2nc(-c3cccc4c3C(c3ccccc3)(c3ccccc3)c3ccccc3-4)nc(-c3c4ccccc4cc4ccc5ccccc5c34)n2)cc1. The molecule has 0 radical (unpaired) electrons. The molecule has 1 aliphatic carbocycles. The lowest BCUT2D eigenvalue weighted by atomic mass is 9.66. The number of rotatable bonds is 5. The fraction of sp³-hybridized carbons (Fsp3) is 0.0192. The van der Waals surface area contributed by atoms with Crippen molar-refractivity contribution in [3.05, 3.63) is 222 Å². The van der Waals surface area contributed by atoms with Crippen molar-refractivity contribution < 1.29 is 0 Å². The predicted molar refractivity (Wildman–Crippen MR) is 226 cm³/mol. The van der Waals surface area contributed by atoms with Gasteiger partial charge in [0.05, 0.1) is 5.41 Å². The van der Waals surface area contributed by atoms with Gasteiger partial charge in [-0.1, -0.05) is 194 Å². The van der Waals surface area contributed by atoms with E-state index in [2.05, 4.69) is 182 Å². The van der Waals surface area contributed by atoms with E-state index in [4.69, 9.17) is 15.0 Å². The van der Waals surface area contributed by atoms with E-state index in [1.165, 1.54) is 44.2 Å². The maximum atomic E-state index is 5.58. The summed E-state index contributed by atoms with van der Waals surface area (Å²) in [5.41, 5.74) is 9.55. The minimum Gasteiger partial charge on any atom is -0.208 e. The van der Waals surface area contributed by atoms with Crippen LogP contribution in [0.4, 0.5) is 0 Å². The molecule has 0 aliphatic heterocycles. The summed E-state index contributed by atoms with van der Waals surface area (Å²) in [4.78, 5) is 16.3. The zero-order chi connectivity index (χ0) is 36.3. The summed E-state index contributed by atoms with van der Waals surface area (Å²) in [5.74, 6) is 1.94. The molecule has 11 rings (SSSR count). The van der Waals surface area contributed by atoms with Gasteiger partial charge in [0.25, 0.3) is 0 Å². The lowest BCUT2D eigenvalue weighted by Crippen LogP contribution is -2.29. The summed E-state index contributed by atoms with van der Waals surface area (Å²) in [6.45, 7) is 0. The van der Waals surface area contributed by atoms with Crippen LogP contribution in [0.25, 0.3) is 77.6 Å². The summed E-state index contributed by atoms with van der Waals surface area (Å²) in [5, 5.41) is 6.90. The first kappa shape index (κ1) is 31.3. The van der Waals surface area contributed by atoms with E-state index in [1.807, 2.05) is 18.2 Å². The second-order valence-electron chi connectivity index (χ2n) is 14.3. The first-order valence-corrected chi connectivity index (χ1v) is 18.8. The molecule has 0 atom stereocenters. The predicted octanol–water partition coefficient (Wildman–Crippen LogP) is 12.7. The second kappa shape index (κ2) is 12.4. The van der Waals surface area contributed by atoms with Crippen LogP contribution in [-0.4, -0.2) is 15.0 Å². The average molecular weight is 700 g/mol. The summed E-state index contributed by atoms with van der Waals surface area (Å²) in [6, 6.07) is 71.5. The summed E-state index contributed by atoms with van der Waals surface area (Å²) in [6.07, 6.45) is 0. The van der Waals surface area contributed by atoms with Crippen molar-refractivity contribution in [1.29, 1.82) is 0 Å². The van der Waals surface area contributed by atoms with Crippen LogP contribution in [-0.2, 0) is 5.41 Å². The Hall–Kier alpha value is -7.23. The molecule has 0 bridgehead atoms. The molecule has 256 valence electrons. The minimum atomic E-state index is -0.618. The van der Waals surface area contributed by atoms with Gasteiger partial charge in [-0.3, -0.25) is 0 Å². The van der Waals surface area contributed by atoms with E-state index in [-0.39, 0.29) is 0 Å². The Morgan fingerprint density at radius 2 is 0.891 bits per heavy atom. The quantitative estimate of drug-likeness (QED) is 0.133. The number of hydrogen-bond donors (Lipinski definition) is 0. The third-order valence-electron chi connectivity index (χ3n) is 11.4. The van der Waals surface area contributed by atoms with Gasteiger partial charge in [0.1, 0.15) is 0 Å². The van der Waals surface area contributed by atoms with Crippen molar-refractivity contribution in [3.8, 4) is 45.3 Å². The highest BCUT2D eigenvalue weighted by Gasteiger charge is 2.47. The molecule has 3 nitrogen and oxygen atoms in total. The van der Waals surface area contributed by atoms with Crippen LogP contribution in [0.15, 0.2) is 200 Å². The normalized spacial score (nSPS) is 12.9. The van der Waals surface area contributed by atoms with Crippen LogP contribution in [0.5, 0.6) is 0 Å². The number of aromatic nitrogens is 3. The van der Waals surface area contributed by atoms with Crippen LogP contribution in [0.3, 0.4) is 0 Å². The highest BCUT2D eigenvalue weighted by Crippen LogP contribution is 2.58. The molecular formula is C52H33N3. The van der Waals surface area contributed by atoms with Crippen LogP contribution >= 0.6 is 0 Å².